The van der Waals surface area contributed by atoms with E-state index < -0.39 is 5.41 Å². The van der Waals surface area contributed by atoms with Crippen molar-refractivity contribution in [3.05, 3.63) is 94.9 Å². The first-order valence-corrected chi connectivity index (χ1v) is 15.0. The Morgan fingerprint density at radius 2 is 1.98 bits per heavy atom. The van der Waals surface area contributed by atoms with Crippen LogP contribution in [0.15, 0.2) is 83.2 Å². The molecule has 1 aromatic rings. The van der Waals surface area contributed by atoms with Gasteiger partial charge < -0.3 is 25.8 Å². The molecule has 0 saturated carbocycles. The summed E-state index contributed by atoms with van der Waals surface area (Å²) in [6.07, 6.45) is 12.5. The third kappa shape index (κ3) is 7.29. The normalized spacial score (nSPS) is 20.7. The van der Waals surface area contributed by atoms with Crippen molar-refractivity contribution in [3.63, 3.8) is 0 Å². The van der Waals surface area contributed by atoms with Crippen LogP contribution in [0.25, 0.3) is 0 Å². The average molecular weight is 584 g/mol. The maximum atomic E-state index is 13.0. The number of nitrogens with zero attached hydrogens (tertiary/aromatic N) is 5. The van der Waals surface area contributed by atoms with Crippen molar-refractivity contribution in [1.82, 2.24) is 20.0 Å². The number of carbonyl (C=O) groups excluding carboxylic acids is 1. The van der Waals surface area contributed by atoms with Gasteiger partial charge in [0.1, 0.15) is 11.9 Å². The number of fused-ring (bicyclic) bond motifs is 1. The number of aryl methyl sites for hydroxylation is 1. The molecule has 0 aromatic heterocycles. The van der Waals surface area contributed by atoms with Crippen LogP contribution in [0.2, 0.25) is 0 Å². The van der Waals surface area contributed by atoms with Crippen LogP contribution in [-0.2, 0) is 11.8 Å². The summed E-state index contributed by atoms with van der Waals surface area (Å²) in [5.74, 6) is 0.495. The molecule has 0 spiro atoms. The Labute approximate surface area is 258 Å². The van der Waals surface area contributed by atoms with E-state index in [9.17, 15) is 10.1 Å². The molecule has 1 heterocycles. The SMILES string of the molecule is C=C(/C=C/C1=C(/C=C\C)C(CCNCC(=C)N2CCCC2C#N)(C(N)=NC)c2ccc(C(=O)N(C)C)cc2CC1)N(C)C. The molecule has 1 aliphatic heterocycles. The molecule has 8 heteroatoms. The van der Waals surface area contributed by atoms with Crippen molar-refractivity contribution < 1.29 is 4.79 Å². The zero-order chi connectivity index (χ0) is 31.7. The number of nitrogens with one attached hydrogen (secondary N) is 1. The summed E-state index contributed by atoms with van der Waals surface area (Å²) in [5, 5.41) is 13.1. The largest absolute Gasteiger partial charge is 0.386 e. The van der Waals surface area contributed by atoms with Gasteiger partial charge in [-0.2, -0.15) is 5.26 Å². The predicted octanol–water partition coefficient (Wildman–Crippen LogP) is 4.54. The third-order valence-electron chi connectivity index (χ3n) is 8.56. The second-order valence-corrected chi connectivity index (χ2v) is 11.7. The highest BCUT2D eigenvalue weighted by Gasteiger charge is 2.43. The van der Waals surface area contributed by atoms with Gasteiger partial charge in [0.2, 0.25) is 0 Å². The van der Waals surface area contributed by atoms with Crippen LogP contribution in [0, 0.1) is 11.3 Å². The van der Waals surface area contributed by atoms with E-state index in [1.165, 1.54) is 0 Å². The molecule has 230 valence electrons. The zero-order valence-electron chi connectivity index (χ0n) is 26.9. The molecule has 0 radical (unpaired) electrons. The lowest BCUT2D eigenvalue weighted by molar-refractivity contribution is 0.0827. The van der Waals surface area contributed by atoms with Crippen molar-refractivity contribution >= 4 is 11.7 Å². The minimum absolute atomic E-state index is 0.0309. The second-order valence-electron chi connectivity index (χ2n) is 11.7. The number of amides is 1. The lowest BCUT2D eigenvalue weighted by Gasteiger charge is -2.37. The standard InChI is InChI=1S/C35H49N7O/c1-9-11-31-27(14-13-25(2)40(5)6)15-16-28-22-29(33(43)41(7)8)17-18-32(28)35(31,34(37)38-4)19-20-39-24-26(3)42-21-10-12-30(42)23-36/h9,11,13-14,17-18,22,30,39H,2-3,10,12,15-16,19-21,24H2,1,4-8H3,(H2,37,38)/b11-9-,14-13+. The predicted molar refractivity (Wildman–Crippen MR) is 178 cm³/mol. The molecular formula is C35H49N7O. The Morgan fingerprint density at radius 3 is 2.60 bits per heavy atom. The molecule has 2 atom stereocenters. The Balaban J connectivity index is 2.12. The van der Waals surface area contributed by atoms with Crippen molar-refractivity contribution in [3.8, 4) is 6.07 Å². The van der Waals surface area contributed by atoms with Crippen LogP contribution >= 0.6 is 0 Å². The van der Waals surface area contributed by atoms with E-state index in [0.717, 1.165) is 65.9 Å². The first-order chi connectivity index (χ1) is 20.5. The van der Waals surface area contributed by atoms with Gasteiger partial charge in [-0.3, -0.25) is 9.79 Å². The molecular weight excluding hydrogens is 534 g/mol. The highest BCUT2D eigenvalue weighted by Crippen LogP contribution is 2.44. The zero-order valence-corrected chi connectivity index (χ0v) is 26.9. The fraction of sp³-hybridized carbons (Fsp3) is 0.457. The third-order valence-corrected chi connectivity index (χ3v) is 8.56. The van der Waals surface area contributed by atoms with Gasteiger partial charge in [0, 0.05) is 65.3 Å². The number of carbonyl (C=O) groups is 1. The van der Waals surface area contributed by atoms with Crippen LogP contribution < -0.4 is 11.1 Å². The first-order valence-electron chi connectivity index (χ1n) is 15.0. The molecule has 1 aliphatic carbocycles. The van der Waals surface area contributed by atoms with Crippen molar-refractivity contribution in [2.45, 2.75) is 50.5 Å². The number of likely N-dealkylation sites (tertiary alicyclic amines) is 1. The summed E-state index contributed by atoms with van der Waals surface area (Å²) in [7, 11) is 9.24. The number of hydrogen-bond acceptors (Lipinski definition) is 6. The molecule has 0 bridgehead atoms. The molecule has 43 heavy (non-hydrogen) atoms. The topological polar surface area (TPSA) is 101 Å². The number of likely N-dealkylation sites (N-methyl/N-ethyl adjacent to an activating group) is 1. The van der Waals surface area contributed by atoms with E-state index in [1.807, 2.05) is 44.1 Å². The second kappa shape index (κ2) is 14.9. The molecule has 2 unspecified atom stereocenters. The fourth-order valence-electron chi connectivity index (χ4n) is 6.12. The van der Waals surface area contributed by atoms with Gasteiger partial charge in [0.05, 0.1) is 11.5 Å². The summed E-state index contributed by atoms with van der Waals surface area (Å²) >= 11 is 0. The molecule has 1 amide bonds. The smallest absolute Gasteiger partial charge is 0.253 e. The number of aliphatic imine (C=N–C) groups is 1. The lowest BCUT2D eigenvalue weighted by Crippen LogP contribution is -2.46. The molecule has 8 nitrogen and oxygen atoms in total. The van der Waals surface area contributed by atoms with Crippen molar-refractivity contribution in [2.24, 2.45) is 10.7 Å². The maximum Gasteiger partial charge on any atom is 0.253 e. The molecule has 1 saturated heterocycles. The number of nitriles is 1. The van der Waals surface area contributed by atoms with E-state index in [4.69, 9.17) is 5.73 Å². The molecule has 1 aromatic carbocycles. The van der Waals surface area contributed by atoms with Gasteiger partial charge in [0.25, 0.3) is 5.91 Å². The monoisotopic (exact) mass is 583 g/mol. The number of hydrogen-bond donors (Lipinski definition) is 2. The van der Waals surface area contributed by atoms with Crippen molar-refractivity contribution in [1.29, 1.82) is 5.26 Å². The van der Waals surface area contributed by atoms with E-state index in [-0.39, 0.29) is 11.9 Å². The number of rotatable bonds is 12. The molecule has 1 fully saturated rings. The molecule has 2 aliphatic rings. The summed E-state index contributed by atoms with van der Waals surface area (Å²) in [5.41, 5.74) is 13.1. The van der Waals surface area contributed by atoms with Crippen molar-refractivity contribution in [2.75, 3.05) is 54.9 Å². The quantitative estimate of drug-likeness (QED) is 0.162. The Bertz CT molecular complexity index is 1370. The van der Waals surface area contributed by atoms with E-state index in [1.54, 1.807) is 26.0 Å². The number of allylic oxidation sites excluding steroid dienone is 5. The van der Waals surface area contributed by atoms with Crippen LogP contribution in [-0.4, -0.2) is 87.4 Å². The van der Waals surface area contributed by atoms with E-state index in [0.29, 0.717) is 30.9 Å². The summed E-state index contributed by atoms with van der Waals surface area (Å²) in [4.78, 5) is 23.3. The van der Waals surface area contributed by atoms with Crippen LogP contribution in [0.5, 0.6) is 0 Å². The Morgan fingerprint density at radius 1 is 1.23 bits per heavy atom. The Kier molecular flexibility index (Phi) is 11.6. The number of benzene rings is 1. The summed E-state index contributed by atoms with van der Waals surface area (Å²) < 4.78 is 0. The van der Waals surface area contributed by atoms with E-state index in [2.05, 4.69) is 58.7 Å². The lowest BCUT2D eigenvalue weighted by atomic mass is 9.68. The summed E-state index contributed by atoms with van der Waals surface area (Å²) in [6.45, 7) is 12.6. The average Bonchev–Trinajstić information content (AvgIpc) is 3.44. The molecule has 3 rings (SSSR count). The van der Waals surface area contributed by atoms with Gasteiger partial charge in [0.15, 0.2) is 0 Å². The fourth-order valence-corrected chi connectivity index (χ4v) is 6.12. The highest BCUT2D eigenvalue weighted by atomic mass is 16.2. The van der Waals surface area contributed by atoms with Gasteiger partial charge >= 0.3 is 0 Å². The molecule has 3 N–H and O–H groups in total. The summed E-state index contributed by atoms with van der Waals surface area (Å²) in [6, 6.07) is 8.30. The van der Waals surface area contributed by atoms with Gasteiger partial charge in [-0.25, -0.2) is 0 Å². The maximum absolute atomic E-state index is 13.0. The Hall–Kier alpha value is -4.09. The first kappa shape index (κ1) is 33.4. The minimum Gasteiger partial charge on any atom is -0.386 e. The van der Waals surface area contributed by atoms with Crippen LogP contribution in [0.3, 0.4) is 0 Å². The van der Waals surface area contributed by atoms with Gasteiger partial charge in [-0.15, -0.1) is 0 Å². The number of amidine groups is 1. The van der Waals surface area contributed by atoms with Crippen LogP contribution in [0.4, 0.5) is 0 Å². The number of nitrogens with two attached hydrogens (primary N) is 1. The minimum atomic E-state index is -0.733. The van der Waals surface area contributed by atoms with Gasteiger partial charge in [-0.05, 0) is 86.1 Å². The van der Waals surface area contributed by atoms with Crippen LogP contribution in [0.1, 0.15) is 54.1 Å². The van der Waals surface area contributed by atoms with Gasteiger partial charge in [-0.1, -0.05) is 37.5 Å². The highest BCUT2D eigenvalue weighted by molar-refractivity contribution is 5.98. The van der Waals surface area contributed by atoms with E-state index >= 15 is 0 Å².